The molecule has 2 fully saturated rings. The van der Waals surface area contributed by atoms with Crippen molar-refractivity contribution >= 4 is 23.5 Å². The number of hydrogen-bond acceptors (Lipinski definition) is 6. The Morgan fingerprint density at radius 1 is 1.23 bits per heavy atom. The predicted octanol–water partition coefficient (Wildman–Crippen LogP) is 2.56. The number of anilines is 1. The molecule has 30 heavy (non-hydrogen) atoms. The van der Waals surface area contributed by atoms with Crippen LogP contribution in [0.15, 0.2) is 18.2 Å². The van der Waals surface area contributed by atoms with Crippen LogP contribution >= 0.6 is 0 Å². The van der Waals surface area contributed by atoms with Gasteiger partial charge in [0.25, 0.3) is 0 Å². The van der Waals surface area contributed by atoms with E-state index in [1.165, 1.54) is 6.07 Å². The minimum atomic E-state index is -0.612. The number of amides is 2. The monoisotopic (exact) mass is 419 g/mol. The first-order valence-corrected chi connectivity index (χ1v) is 10.4. The Labute approximate surface area is 176 Å². The molecule has 3 rings (SSSR count). The lowest BCUT2D eigenvalue weighted by Crippen LogP contribution is -2.47. The van der Waals surface area contributed by atoms with E-state index in [2.05, 4.69) is 15.5 Å². The minimum absolute atomic E-state index is 0.221. The van der Waals surface area contributed by atoms with E-state index in [-0.39, 0.29) is 36.4 Å². The van der Waals surface area contributed by atoms with E-state index in [1.807, 2.05) is 26.8 Å². The van der Waals surface area contributed by atoms with Crippen molar-refractivity contribution in [1.82, 2.24) is 10.2 Å². The lowest BCUT2D eigenvalue weighted by molar-refractivity contribution is -0.156. The molecule has 2 saturated heterocycles. The highest BCUT2D eigenvalue weighted by molar-refractivity contribution is 6.01. The number of halogens is 1. The Hall–Kier alpha value is -2.48. The van der Waals surface area contributed by atoms with Gasteiger partial charge in [0.1, 0.15) is 17.5 Å². The van der Waals surface area contributed by atoms with Gasteiger partial charge in [-0.15, -0.1) is 0 Å². The average Bonchev–Trinajstić information content (AvgIpc) is 2.64. The van der Waals surface area contributed by atoms with Crippen molar-refractivity contribution in [2.45, 2.75) is 64.0 Å². The van der Waals surface area contributed by atoms with Gasteiger partial charge in [0.05, 0.1) is 12.2 Å². The fraction of sp³-hybridized carbons (Fsp3) is 0.591. The number of benzene rings is 1. The number of imide groups is 1. The summed E-state index contributed by atoms with van der Waals surface area (Å²) in [6.07, 6.45) is 2.26. The molecule has 164 valence electrons. The number of rotatable bonds is 5. The number of hydrogen-bond donors (Lipinski definition) is 2. The Kier molecular flexibility index (Phi) is 6.75. The van der Waals surface area contributed by atoms with E-state index in [0.717, 1.165) is 31.5 Å². The van der Waals surface area contributed by atoms with E-state index in [1.54, 1.807) is 6.07 Å². The number of ether oxygens (including phenoxy) is 1. The Morgan fingerprint density at radius 2 is 1.93 bits per heavy atom. The van der Waals surface area contributed by atoms with Gasteiger partial charge in [0, 0.05) is 6.42 Å². The molecule has 2 amide bonds. The molecule has 0 aromatic heterocycles. The van der Waals surface area contributed by atoms with Gasteiger partial charge in [-0.25, -0.2) is 4.39 Å². The van der Waals surface area contributed by atoms with Crippen molar-refractivity contribution in [2.75, 3.05) is 25.0 Å². The molecular formula is C22H30FN3O4. The van der Waals surface area contributed by atoms with E-state index in [4.69, 9.17) is 4.74 Å². The highest BCUT2D eigenvalue weighted by atomic mass is 19.1. The number of carbonyl (C=O) groups excluding carboxylic acids is 3. The first kappa shape index (κ1) is 22.2. The predicted molar refractivity (Wildman–Crippen MR) is 110 cm³/mol. The molecule has 0 aliphatic carbocycles. The maximum absolute atomic E-state index is 14.6. The smallest absolute Gasteiger partial charge is 0.320 e. The molecule has 1 atom stereocenters. The summed E-state index contributed by atoms with van der Waals surface area (Å²) in [4.78, 5) is 37.2. The topological polar surface area (TPSA) is 87.7 Å². The standard InChI is InChI=1S/C22H30FN3O4/c1-22(2,3)30-20(28)13-26-10-8-14(9-11-26)15-4-5-17(16(23)12-15)24-18-6-7-19(27)25-21(18)29/h4-5,12,14,18,24H,6-11,13H2,1-3H3,(H,25,27,29). The zero-order chi connectivity index (χ0) is 21.9. The number of likely N-dealkylation sites (tertiary alicyclic amines) is 1. The molecule has 0 saturated carbocycles. The third kappa shape index (κ3) is 6.01. The molecule has 2 heterocycles. The van der Waals surface area contributed by atoms with Crippen molar-refractivity contribution < 1.29 is 23.5 Å². The molecule has 2 aliphatic heterocycles. The number of esters is 1. The van der Waals surface area contributed by atoms with Crippen molar-refractivity contribution in [3.8, 4) is 0 Å². The van der Waals surface area contributed by atoms with E-state index < -0.39 is 23.4 Å². The summed E-state index contributed by atoms with van der Waals surface area (Å²) in [6, 6.07) is 4.44. The molecule has 0 bridgehead atoms. The van der Waals surface area contributed by atoms with Gasteiger partial charge in [0.15, 0.2) is 0 Å². The van der Waals surface area contributed by atoms with Crippen LogP contribution < -0.4 is 10.6 Å². The molecule has 2 N–H and O–H groups in total. The second-order valence-electron chi connectivity index (χ2n) is 9.02. The number of piperidine rings is 2. The van der Waals surface area contributed by atoms with Gasteiger partial charge < -0.3 is 10.1 Å². The van der Waals surface area contributed by atoms with E-state index >= 15 is 0 Å². The van der Waals surface area contributed by atoms with Crippen LogP contribution in [0.2, 0.25) is 0 Å². The second kappa shape index (κ2) is 9.12. The van der Waals surface area contributed by atoms with Crippen molar-refractivity contribution in [3.63, 3.8) is 0 Å². The van der Waals surface area contributed by atoms with Crippen molar-refractivity contribution in [1.29, 1.82) is 0 Å². The molecule has 0 spiro atoms. The first-order chi connectivity index (χ1) is 14.1. The third-order valence-corrected chi connectivity index (χ3v) is 5.39. The number of carbonyl (C=O) groups is 3. The molecule has 8 heteroatoms. The molecule has 1 aromatic carbocycles. The summed E-state index contributed by atoms with van der Waals surface area (Å²) in [5.41, 5.74) is 0.685. The van der Waals surface area contributed by atoms with Crippen LogP contribution in [-0.4, -0.2) is 54.0 Å². The molecule has 2 aliphatic rings. The lowest BCUT2D eigenvalue weighted by atomic mass is 9.89. The largest absolute Gasteiger partial charge is 0.459 e. The molecular weight excluding hydrogens is 389 g/mol. The van der Waals surface area contributed by atoms with Crippen LogP contribution in [0, 0.1) is 5.82 Å². The SMILES string of the molecule is CC(C)(C)OC(=O)CN1CCC(c2ccc(NC3CCC(=O)NC3=O)c(F)c2)CC1. The van der Waals surface area contributed by atoms with Crippen LogP contribution in [0.3, 0.4) is 0 Å². The van der Waals surface area contributed by atoms with Crippen LogP contribution in [0.1, 0.15) is 57.9 Å². The summed E-state index contributed by atoms with van der Waals surface area (Å²) in [6.45, 7) is 7.33. The van der Waals surface area contributed by atoms with Crippen molar-refractivity contribution in [2.24, 2.45) is 0 Å². The highest BCUT2D eigenvalue weighted by Gasteiger charge is 2.28. The number of nitrogens with one attached hydrogen (secondary N) is 2. The van der Waals surface area contributed by atoms with Crippen molar-refractivity contribution in [3.05, 3.63) is 29.6 Å². The minimum Gasteiger partial charge on any atom is -0.459 e. The zero-order valence-electron chi connectivity index (χ0n) is 17.8. The molecule has 1 aromatic rings. The fourth-order valence-corrected chi connectivity index (χ4v) is 3.90. The van der Waals surface area contributed by atoms with Gasteiger partial charge in [-0.3, -0.25) is 24.6 Å². The second-order valence-corrected chi connectivity index (χ2v) is 9.02. The van der Waals surface area contributed by atoms with Gasteiger partial charge in [-0.2, -0.15) is 0 Å². The van der Waals surface area contributed by atoms with Crippen LogP contribution in [0.5, 0.6) is 0 Å². The summed E-state index contributed by atoms with van der Waals surface area (Å²) in [5.74, 6) is -1.14. The average molecular weight is 419 g/mol. The maximum atomic E-state index is 14.6. The van der Waals surface area contributed by atoms with Gasteiger partial charge in [-0.05, 0) is 76.7 Å². The quantitative estimate of drug-likeness (QED) is 0.563. The molecule has 0 radical (unpaired) electrons. The first-order valence-electron chi connectivity index (χ1n) is 10.4. The third-order valence-electron chi connectivity index (χ3n) is 5.39. The zero-order valence-corrected chi connectivity index (χ0v) is 17.8. The van der Waals surface area contributed by atoms with Gasteiger partial charge in [0.2, 0.25) is 11.8 Å². The van der Waals surface area contributed by atoms with E-state index in [9.17, 15) is 18.8 Å². The summed E-state index contributed by atoms with van der Waals surface area (Å²) >= 11 is 0. The summed E-state index contributed by atoms with van der Waals surface area (Å²) < 4.78 is 20.0. The molecule has 7 nitrogen and oxygen atoms in total. The lowest BCUT2D eigenvalue weighted by Gasteiger charge is -2.32. The fourth-order valence-electron chi connectivity index (χ4n) is 3.90. The summed E-state index contributed by atoms with van der Waals surface area (Å²) in [7, 11) is 0. The normalized spacial score (nSPS) is 21.3. The van der Waals surface area contributed by atoms with Crippen LogP contribution in [0.4, 0.5) is 10.1 Å². The van der Waals surface area contributed by atoms with Gasteiger partial charge >= 0.3 is 5.97 Å². The Balaban J connectivity index is 1.53. The van der Waals surface area contributed by atoms with Crippen LogP contribution in [-0.2, 0) is 19.1 Å². The summed E-state index contributed by atoms with van der Waals surface area (Å²) in [5, 5.41) is 5.16. The molecule has 1 unspecified atom stereocenters. The van der Waals surface area contributed by atoms with Crippen LogP contribution in [0.25, 0.3) is 0 Å². The van der Waals surface area contributed by atoms with Gasteiger partial charge in [-0.1, -0.05) is 6.07 Å². The highest BCUT2D eigenvalue weighted by Crippen LogP contribution is 2.30. The Bertz CT molecular complexity index is 813. The number of nitrogens with zero attached hydrogens (tertiary/aromatic N) is 1. The maximum Gasteiger partial charge on any atom is 0.320 e. The Morgan fingerprint density at radius 3 is 2.53 bits per heavy atom. The van der Waals surface area contributed by atoms with E-state index in [0.29, 0.717) is 6.42 Å².